The molecule has 1 aromatic heterocycles. The number of carboxylic acids is 1. The van der Waals surface area contributed by atoms with E-state index in [9.17, 15) is 14.7 Å². The standard InChI is InChI=1S/C27H21NO6/c29-26(16-12-13-21-23(14-16)33-15-32-21)28-20-10-4-9-19(27(30)31)24(20)18-8-5-11-22(25(18)28)34-17-6-2-1-3-7-17/h1-3,5-8,11-14,19H,4,9-10,15H2,(H,30,31). The lowest BCUT2D eigenvalue weighted by atomic mass is 9.85. The molecule has 0 radical (unpaired) electrons. The third-order valence-corrected chi connectivity index (χ3v) is 6.44. The van der Waals surface area contributed by atoms with Crippen molar-refractivity contribution < 1.29 is 28.9 Å². The number of nitrogens with zero attached hydrogens (tertiary/aromatic N) is 1. The Labute approximate surface area is 195 Å². The number of benzene rings is 3. The third kappa shape index (κ3) is 3.20. The number of hydrogen-bond acceptors (Lipinski definition) is 5. The Morgan fingerprint density at radius 2 is 1.79 bits per heavy atom. The van der Waals surface area contributed by atoms with E-state index in [4.69, 9.17) is 14.2 Å². The molecule has 6 rings (SSSR count). The van der Waals surface area contributed by atoms with E-state index in [0.717, 1.165) is 11.1 Å². The molecule has 7 heteroatoms. The van der Waals surface area contributed by atoms with E-state index in [-0.39, 0.29) is 12.7 Å². The van der Waals surface area contributed by atoms with Crippen molar-refractivity contribution in [3.05, 3.63) is 83.6 Å². The molecule has 0 saturated heterocycles. The first kappa shape index (κ1) is 20.4. The molecule has 2 aliphatic rings. The maximum atomic E-state index is 13.9. The number of carbonyl (C=O) groups is 2. The van der Waals surface area contributed by atoms with Crippen molar-refractivity contribution in [2.45, 2.75) is 25.2 Å². The zero-order valence-electron chi connectivity index (χ0n) is 18.2. The van der Waals surface area contributed by atoms with Crippen LogP contribution in [0.5, 0.6) is 23.0 Å². The lowest BCUT2D eigenvalue weighted by Crippen LogP contribution is -2.21. The van der Waals surface area contributed by atoms with E-state index < -0.39 is 11.9 Å². The van der Waals surface area contributed by atoms with Crippen molar-refractivity contribution in [3.63, 3.8) is 0 Å². The first-order chi connectivity index (χ1) is 16.6. The molecule has 0 amide bonds. The van der Waals surface area contributed by atoms with Crippen LogP contribution in [0.1, 0.15) is 40.4 Å². The first-order valence-electron chi connectivity index (χ1n) is 11.2. The SMILES string of the molecule is O=C(O)C1CCCc2c1c1cccc(Oc3ccccc3)c1n2C(=O)c1ccc2c(c1)OCO2. The summed E-state index contributed by atoms with van der Waals surface area (Å²) in [7, 11) is 0. The number of carboxylic acid groups (broad SMARTS) is 1. The van der Waals surface area contributed by atoms with Crippen LogP contribution in [0.15, 0.2) is 66.7 Å². The van der Waals surface area contributed by atoms with E-state index in [2.05, 4.69) is 0 Å². The highest BCUT2D eigenvalue weighted by Crippen LogP contribution is 2.44. The Bertz CT molecular complexity index is 1440. The molecule has 2 heterocycles. The summed E-state index contributed by atoms with van der Waals surface area (Å²) in [5.41, 5.74) is 2.42. The largest absolute Gasteiger partial charge is 0.481 e. The van der Waals surface area contributed by atoms with Gasteiger partial charge in [-0.05, 0) is 61.2 Å². The quantitative estimate of drug-likeness (QED) is 0.446. The molecule has 0 fully saturated rings. The number of ether oxygens (including phenoxy) is 3. The molecule has 34 heavy (non-hydrogen) atoms. The van der Waals surface area contributed by atoms with Crippen LogP contribution in [0.4, 0.5) is 0 Å². The molecule has 7 nitrogen and oxygen atoms in total. The van der Waals surface area contributed by atoms with Gasteiger partial charge in [0.2, 0.25) is 6.79 Å². The molecule has 1 unspecified atom stereocenters. The summed E-state index contributed by atoms with van der Waals surface area (Å²) in [5, 5.41) is 10.7. The highest BCUT2D eigenvalue weighted by Gasteiger charge is 2.35. The van der Waals surface area contributed by atoms with Crippen LogP contribution < -0.4 is 14.2 Å². The molecular weight excluding hydrogens is 434 g/mol. The van der Waals surface area contributed by atoms with Gasteiger partial charge < -0.3 is 19.3 Å². The van der Waals surface area contributed by atoms with Gasteiger partial charge >= 0.3 is 5.97 Å². The van der Waals surface area contributed by atoms with Crippen LogP contribution in [0.2, 0.25) is 0 Å². The average molecular weight is 455 g/mol. The van der Waals surface area contributed by atoms with Crippen LogP contribution in [-0.4, -0.2) is 28.3 Å². The predicted molar refractivity (Wildman–Crippen MR) is 124 cm³/mol. The second kappa shape index (κ2) is 7.95. The van der Waals surface area contributed by atoms with Crippen molar-refractivity contribution in [3.8, 4) is 23.0 Å². The summed E-state index contributed by atoms with van der Waals surface area (Å²) < 4.78 is 18.7. The second-order valence-electron chi connectivity index (χ2n) is 8.42. The minimum Gasteiger partial charge on any atom is -0.481 e. The molecule has 1 atom stereocenters. The Kier molecular flexibility index (Phi) is 4.76. The number of hydrogen-bond donors (Lipinski definition) is 1. The minimum absolute atomic E-state index is 0.115. The number of carbonyl (C=O) groups excluding carboxylic acids is 1. The number of aliphatic carboxylic acids is 1. The third-order valence-electron chi connectivity index (χ3n) is 6.44. The van der Waals surface area contributed by atoms with Crippen LogP contribution in [0.25, 0.3) is 10.9 Å². The van der Waals surface area contributed by atoms with E-state index in [1.54, 1.807) is 28.8 Å². The summed E-state index contributed by atoms with van der Waals surface area (Å²) >= 11 is 0. The zero-order chi connectivity index (χ0) is 23.2. The highest BCUT2D eigenvalue weighted by atomic mass is 16.7. The maximum Gasteiger partial charge on any atom is 0.311 e. The van der Waals surface area contributed by atoms with E-state index in [1.807, 2.05) is 42.5 Å². The topological polar surface area (TPSA) is 87.0 Å². The Morgan fingerprint density at radius 1 is 0.971 bits per heavy atom. The van der Waals surface area contributed by atoms with Crippen LogP contribution in [0.3, 0.4) is 0 Å². The zero-order valence-corrected chi connectivity index (χ0v) is 18.2. The molecule has 3 aromatic carbocycles. The molecule has 1 N–H and O–H groups in total. The first-order valence-corrected chi connectivity index (χ1v) is 11.2. The van der Waals surface area contributed by atoms with Gasteiger partial charge in [-0.25, -0.2) is 0 Å². The fourth-order valence-electron chi connectivity index (χ4n) is 4.96. The second-order valence-corrected chi connectivity index (χ2v) is 8.42. The van der Waals surface area contributed by atoms with Crippen molar-refractivity contribution in [2.24, 2.45) is 0 Å². The number of fused-ring (bicyclic) bond motifs is 4. The maximum absolute atomic E-state index is 13.9. The van der Waals surface area contributed by atoms with E-state index in [0.29, 0.717) is 58.9 Å². The Hall–Kier alpha value is -4.26. The number of rotatable bonds is 4. The van der Waals surface area contributed by atoms with Gasteiger partial charge in [0.15, 0.2) is 17.2 Å². The summed E-state index contributed by atoms with van der Waals surface area (Å²) in [6, 6.07) is 19.9. The van der Waals surface area contributed by atoms with Gasteiger partial charge in [-0.1, -0.05) is 30.3 Å². The average Bonchev–Trinajstić information content (AvgIpc) is 3.46. The fraction of sp³-hybridized carbons (Fsp3) is 0.185. The van der Waals surface area contributed by atoms with E-state index >= 15 is 0 Å². The van der Waals surface area contributed by atoms with Gasteiger partial charge in [-0.2, -0.15) is 0 Å². The molecule has 0 spiro atoms. The van der Waals surface area contributed by atoms with Gasteiger partial charge in [0.1, 0.15) is 5.75 Å². The summed E-state index contributed by atoms with van der Waals surface area (Å²) in [6.45, 7) is 0.115. The lowest BCUT2D eigenvalue weighted by Gasteiger charge is -2.21. The van der Waals surface area contributed by atoms with Gasteiger partial charge in [0, 0.05) is 16.6 Å². The van der Waals surface area contributed by atoms with Crippen LogP contribution in [0, 0.1) is 0 Å². The molecule has 4 aromatic rings. The summed E-state index contributed by atoms with van der Waals surface area (Å²) in [6.07, 6.45) is 1.82. The van der Waals surface area contributed by atoms with Crippen molar-refractivity contribution in [1.82, 2.24) is 4.57 Å². The molecule has 170 valence electrons. The van der Waals surface area contributed by atoms with Gasteiger partial charge in [0.25, 0.3) is 5.91 Å². The predicted octanol–water partition coefficient (Wildman–Crippen LogP) is 5.36. The molecule has 0 bridgehead atoms. The molecular formula is C27H21NO6. The minimum atomic E-state index is -0.884. The lowest BCUT2D eigenvalue weighted by molar-refractivity contribution is -0.139. The van der Waals surface area contributed by atoms with Gasteiger partial charge in [0.05, 0.1) is 11.4 Å². The Balaban J connectivity index is 1.59. The normalized spacial score (nSPS) is 16.3. The summed E-state index contributed by atoms with van der Waals surface area (Å²) in [5.74, 6) is 0.409. The summed E-state index contributed by atoms with van der Waals surface area (Å²) in [4.78, 5) is 26.1. The van der Waals surface area contributed by atoms with Crippen molar-refractivity contribution >= 4 is 22.8 Å². The number of para-hydroxylation sites is 2. The monoisotopic (exact) mass is 455 g/mol. The number of aromatic nitrogens is 1. The van der Waals surface area contributed by atoms with Crippen molar-refractivity contribution in [1.29, 1.82) is 0 Å². The fourth-order valence-corrected chi connectivity index (χ4v) is 4.96. The highest BCUT2D eigenvalue weighted by molar-refractivity contribution is 6.07. The van der Waals surface area contributed by atoms with Gasteiger partial charge in [-0.3, -0.25) is 14.2 Å². The molecule has 1 aliphatic heterocycles. The smallest absolute Gasteiger partial charge is 0.311 e. The van der Waals surface area contributed by atoms with Crippen LogP contribution in [-0.2, 0) is 11.2 Å². The van der Waals surface area contributed by atoms with Gasteiger partial charge in [-0.15, -0.1) is 0 Å². The van der Waals surface area contributed by atoms with Crippen LogP contribution >= 0.6 is 0 Å². The Morgan fingerprint density at radius 3 is 2.62 bits per heavy atom. The molecule has 0 saturated carbocycles. The van der Waals surface area contributed by atoms with Crippen molar-refractivity contribution in [2.75, 3.05) is 6.79 Å². The molecule has 1 aliphatic carbocycles. The van der Waals surface area contributed by atoms with E-state index in [1.165, 1.54) is 0 Å².